The van der Waals surface area contributed by atoms with Crippen LogP contribution in [0.1, 0.15) is 113 Å². The van der Waals surface area contributed by atoms with E-state index in [4.69, 9.17) is 4.74 Å². The molecule has 0 aliphatic carbocycles. The Morgan fingerprint density at radius 1 is 0.881 bits per heavy atom. The minimum atomic E-state index is -0.282. The lowest BCUT2D eigenvalue weighted by Crippen LogP contribution is -2.17. The molecule has 3 nitrogen and oxygen atoms in total. The zero-order chi connectivity index (χ0) is 32.2. The molecule has 1 aliphatic rings. The average molecular weight is 601 g/mol. The topological polar surface area (TPSA) is 34.1 Å². The number of halogens is 1. The van der Waals surface area contributed by atoms with Gasteiger partial charge in [0.05, 0.1) is 11.9 Å². The van der Waals surface area contributed by atoms with Crippen molar-refractivity contribution in [1.29, 1.82) is 0 Å². The SMILES string of the molecule is CC.CC.CC(C)=CCC/C(C)=C/CC/C(C)=C/CC/C(C)=C/CSCC(C)C1=COC=CN1.Cc1ccc(F)cn1. The highest BCUT2D eigenvalue weighted by molar-refractivity contribution is 7.99. The van der Waals surface area contributed by atoms with Crippen molar-refractivity contribution in [2.24, 2.45) is 5.92 Å². The lowest BCUT2D eigenvalue weighted by Gasteiger charge is -2.17. The zero-order valence-corrected chi connectivity index (χ0v) is 29.5. The number of hydrogen-bond acceptors (Lipinski definition) is 4. The van der Waals surface area contributed by atoms with E-state index in [9.17, 15) is 4.39 Å². The van der Waals surface area contributed by atoms with Gasteiger partial charge in [0.2, 0.25) is 0 Å². The van der Waals surface area contributed by atoms with Gasteiger partial charge < -0.3 is 10.1 Å². The Labute approximate surface area is 263 Å². The Morgan fingerprint density at radius 2 is 1.43 bits per heavy atom. The lowest BCUT2D eigenvalue weighted by molar-refractivity contribution is 0.374. The molecule has 0 saturated carbocycles. The normalized spacial score (nSPS) is 13.4. The van der Waals surface area contributed by atoms with E-state index in [1.165, 1.54) is 60.2 Å². The highest BCUT2D eigenvalue weighted by Crippen LogP contribution is 2.18. The Kier molecular flexibility index (Phi) is 28.3. The van der Waals surface area contributed by atoms with Crippen LogP contribution in [-0.2, 0) is 4.74 Å². The Hall–Kier alpha value is -2.53. The fourth-order valence-corrected chi connectivity index (χ4v) is 4.62. The monoisotopic (exact) mass is 600 g/mol. The second kappa shape index (κ2) is 28.6. The van der Waals surface area contributed by atoms with Crippen LogP contribution in [0.3, 0.4) is 0 Å². The molecule has 1 unspecified atom stereocenters. The van der Waals surface area contributed by atoms with Crippen molar-refractivity contribution in [1.82, 2.24) is 10.3 Å². The fraction of sp³-hybridized carbons (Fsp3) is 0.541. The highest BCUT2D eigenvalue weighted by atomic mass is 32.2. The maximum Gasteiger partial charge on any atom is 0.141 e. The van der Waals surface area contributed by atoms with Gasteiger partial charge in [-0.1, -0.05) is 81.2 Å². The van der Waals surface area contributed by atoms with E-state index in [-0.39, 0.29) is 5.82 Å². The van der Waals surface area contributed by atoms with E-state index in [1.54, 1.807) is 12.3 Å². The molecule has 0 fully saturated rings. The van der Waals surface area contributed by atoms with Crippen molar-refractivity contribution in [3.63, 3.8) is 0 Å². The van der Waals surface area contributed by atoms with Gasteiger partial charge in [0.15, 0.2) is 0 Å². The van der Waals surface area contributed by atoms with Crippen LogP contribution in [-0.4, -0.2) is 16.5 Å². The van der Waals surface area contributed by atoms with Crippen LogP contribution < -0.4 is 5.32 Å². The molecule has 0 spiro atoms. The number of rotatable bonds is 14. The predicted octanol–water partition coefficient (Wildman–Crippen LogP) is 12.0. The van der Waals surface area contributed by atoms with Crippen molar-refractivity contribution in [3.8, 4) is 0 Å². The third kappa shape index (κ3) is 25.2. The van der Waals surface area contributed by atoms with Gasteiger partial charge in [-0.05, 0) is 92.2 Å². The first kappa shape index (κ1) is 41.6. The number of allylic oxidation sites excluding steroid dienone is 8. The minimum Gasteiger partial charge on any atom is -0.469 e. The fourth-order valence-electron chi connectivity index (χ4n) is 3.55. The molecular weight excluding hydrogens is 539 g/mol. The summed E-state index contributed by atoms with van der Waals surface area (Å²) in [5, 5.41) is 3.25. The van der Waals surface area contributed by atoms with E-state index in [1.807, 2.05) is 58.8 Å². The van der Waals surface area contributed by atoms with E-state index in [2.05, 4.69) is 76.1 Å². The summed E-state index contributed by atoms with van der Waals surface area (Å²) in [4.78, 5) is 3.70. The smallest absolute Gasteiger partial charge is 0.141 e. The predicted molar refractivity (Wildman–Crippen MR) is 188 cm³/mol. The molecule has 0 bridgehead atoms. The molecule has 2 rings (SSSR count). The summed E-state index contributed by atoms with van der Waals surface area (Å²) in [6.07, 6.45) is 23.1. The highest BCUT2D eigenvalue weighted by Gasteiger charge is 2.09. The average Bonchev–Trinajstić information content (AvgIpc) is 2.99. The molecule has 0 amide bonds. The number of hydrogen-bond donors (Lipinski definition) is 1. The van der Waals surface area contributed by atoms with Crippen molar-refractivity contribution in [2.45, 2.75) is 115 Å². The van der Waals surface area contributed by atoms with Crippen LogP contribution in [0.25, 0.3) is 0 Å². The summed E-state index contributed by atoms with van der Waals surface area (Å²) in [6.45, 7) is 23.2. The molecule has 5 heteroatoms. The quantitative estimate of drug-likeness (QED) is 0.170. The van der Waals surface area contributed by atoms with Crippen molar-refractivity contribution in [3.05, 3.63) is 101 Å². The van der Waals surface area contributed by atoms with E-state index < -0.39 is 0 Å². The zero-order valence-electron chi connectivity index (χ0n) is 28.6. The molecule has 238 valence electrons. The van der Waals surface area contributed by atoms with E-state index >= 15 is 0 Å². The maximum atomic E-state index is 12.0. The third-order valence-electron chi connectivity index (χ3n) is 6.07. The van der Waals surface area contributed by atoms with Gasteiger partial charge in [-0.15, -0.1) is 0 Å². The number of thioether (sulfide) groups is 1. The van der Waals surface area contributed by atoms with Crippen LogP contribution in [0, 0.1) is 18.7 Å². The van der Waals surface area contributed by atoms with Crippen LogP contribution in [0.4, 0.5) is 4.39 Å². The summed E-state index contributed by atoms with van der Waals surface area (Å²) in [5.74, 6) is 2.37. The number of aromatic nitrogens is 1. The summed E-state index contributed by atoms with van der Waals surface area (Å²) in [5.41, 5.74) is 7.95. The molecule has 1 N–H and O–H groups in total. The number of nitrogens with zero attached hydrogens (tertiary/aromatic N) is 1. The largest absolute Gasteiger partial charge is 0.469 e. The molecule has 1 aliphatic heterocycles. The Balaban J connectivity index is 0. The van der Waals surface area contributed by atoms with Gasteiger partial charge in [-0.25, -0.2) is 4.39 Å². The van der Waals surface area contributed by atoms with E-state index in [0.717, 1.165) is 35.7 Å². The molecule has 1 aromatic rings. The molecule has 0 saturated heterocycles. The van der Waals surface area contributed by atoms with Crippen LogP contribution in [0.2, 0.25) is 0 Å². The summed E-state index contributed by atoms with van der Waals surface area (Å²) < 4.78 is 17.3. The van der Waals surface area contributed by atoms with Gasteiger partial charge in [-0.3, -0.25) is 4.98 Å². The summed E-state index contributed by atoms with van der Waals surface area (Å²) in [6, 6.07) is 3.03. The second-order valence-electron chi connectivity index (χ2n) is 10.3. The Bertz CT molecular complexity index is 963. The van der Waals surface area contributed by atoms with Crippen molar-refractivity contribution in [2.75, 3.05) is 11.5 Å². The molecular formula is C37H61FN2OS. The van der Waals surface area contributed by atoms with Crippen molar-refractivity contribution >= 4 is 11.8 Å². The van der Waals surface area contributed by atoms with Gasteiger partial charge in [-0.2, -0.15) is 11.8 Å². The first-order valence-electron chi connectivity index (χ1n) is 15.7. The van der Waals surface area contributed by atoms with Crippen LogP contribution in [0.15, 0.2) is 89.3 Å². The molecule has 2 heterocycles. The molecule has 42 heavy (non-hydrogen) atoms. The molecule has 1 atom stereocenters. The number of pyridine rings is 1. The number of nitrogens with one attached hydrogen (secondary N) is 1. The number of ether oxygens (including phenoxy) is 1. The summed E-state index contributed by atoms with van der Waals surface area (Å²) >= 11 is 1.98. The van der Waals surface area contributed by atoms with Gasteiger partial charge in [0.1, 0.15) is 18.3 Å². The lowest BCUT2D eigenvalue weighted by atomic mass is 10.0. The first-order chi connectivity index (χ1) is 20.2. The second-order valence-corrected chi connectivity index (χ2v) is 11.3. The van der Waals surface area contributed by atoms with Crippen molar-refractivity contribution < 1.29 is 9.13 Å². The number of aryl methyl sites for hydroxylation is 1. The van der Waals surface area contributed by atoms with Gasteiger partial charge in [0.25, 0.3) is 0 Å². The van der Waals surface area contributed by atoms with E-state index in [0.29, 0.717) is 5.92 Å². The molecule has 0 radical (unpaired) electrons. The molecule has 1 aromatic heterocycles. The van der Waals surface area contributed by atoms with Gasteiger partial charge >= 0.3 is 0 Å². The maximum absolute atomic E-state index is 12.0. The Morgan fingerprint density at radius 3 is 1.88 bits per heavy atom. The standard InChI is InChI=1S/C27H43NOS.C6H6FN.2C2H6/c1-22(2)10-7-11-23(3)12-8-13-24(4)14-9-15-25(5)16-19-30-21-26(6)27-20-29-18-17-28-27;1-5-2-3-6(7)4-8-5;2*1-2/h10,12,14,16-18,20,26,28H,7-9,11,13,15,19,21H2,1-6H3;2-4H,1H3;2*1-2H3/b23-12+,24-14+,25-16+;;;. The summed E-state index contributed by atoms with van der Waals surface area (Å²) in [7, 11) is 0. The molecule has 0 aromatic carbocycles. The van der Waals surface area contributed by atoms with Gasteiger partial charge in [0, 0.05) is 29.3 Å². The van der Waals surface area contributed by atoms with Crippen LogP contribution >= 0.6 is 11.8 Å². The third-order valence-corrected chi connectivity index (χ3v) is 7.21. The minimum absolute atomic E-state index is 0.282. The first-order valence-corrected chi connectivity index (χ1v) is 16.9. The van der Waals surface area contributed by atoms with Crippen LogP contribution in [0.5, 0.6) is 0 Å².